The van der Waals surface area contributed by atoms with Crippen LogP contribution in [0.3, 0.4) is 0 Å². The minimum absolute atomic E-state index is 0.208. The molecule has 2 N–H and O–H groups in total. The van der Waals surface area contributed by atoms with Gasteiger partial charge in [0.05, 0.1) is 18.4 Å². The van der Waals surface area contributed by atoms with Crippen molar-refractivity contribution in [2.24, 2.45) is 5.92 Å². The summed E-state index contributed by atoms with van der Waals surface area (Å²) >= 11 is 0. The zero-order valence-corrected chi connectivity index (χ0v) is 12.2. The SMILES string of the molecule is CC(C)(C)OC(=O)N[C@H]1COCC[C@H]1CS(=O)(=O)O. The van der Waals surface area contributed by atoms with Gasteiger partial charge in [-0.25, -0.2) is 4.79 Å². The second-order valence-electron chi connectivity index (χ2n) is 5.62. The van der Waals surface area contributed by atoms with Crippen LogP contribution in [0, 0.1) is 5.92 Å². The third kappa shape index (κ3) is 6.74. The molecule has 1 fully saturated rings. The maximum Gasteiger partial charge on any atom is 0.407 e. The lowest BCUT2D eigenvalue weighted by atomic mass is 9.97. The third-order valence-corrected chi connectivity index (χ3v) is 3.48. The van der Waals surface area contributed by atoms with Gasteiger partial charge < -0.3 is 14.8 Å². The molecule has 0 aliphatic carbocycles. The topological polar surface area (TPSA) is 102 Å². The van der Waals surface area contributed by atoms with Gasteiger partial charge in [0, 0.05) is 6.61 Å². The summed E-state index contributed by atoms with van der Waals surface area (Å²) in [6.45, 7) is 5.82. The van der Waals surface area contributed by atoms with Crippen molar-refractivity contribution < 1.29 is 27.2 Å². The third-order valence-electron chi connectivity index (χ3n) is 2.63. The van der Waals surface area contributed by atoms with E-state index in [4.69, 9.17) is 14.0 Å². The summed E-state index contributed by atoms with van der Waals surface area (Å²) in [6, 6.07) is -0.481. The molecule has 1 rings (SSSR count). The van der Waals surface area contributed by atoms with Crippen LogP contribution in [0.4, 0.5) is 4.79 Å². The van der Waals surface area contributed by atoms with Gasteiger partial charge in [0.1, 0.15) is 5.60 Å². The van der Waals surface area contributed by atoms with Gasteiger partial charge in [-0.05, 0) is 33.1 Å². The minimum Gasteiger partial charge on any atom is -0.444 e. The van der Waals surface area contributed by atoms with E-state index < -0.39 is 33.6 Å². The van der Waals surface area contributed by atoms with Gasteiger partial charge in [-0.15, -0.1) is 0 Å². The Bertz CT molecular complexity index is 413. The standard InChI is InChI=1S/C11H21NO6S/c1-11(2,3)18-10(13)12-9-6-17-5-4-8(9)7-19(14,15)16/h8-9H,4-7H2,1-3H3,(H,12,13)(H,14,15,16)/t8-,9-/m0/s1. The molecule has 7 nitrogen and oxygen atoms in total. The molecule has 19 heavy (non-hydrogen) atoms. The first kappa shape index (κ1) is 16.2. The lowest BCUT2D eigenvalue weighted by molar-refractivity contribution is 0.0210. The van der Waals surface area contributed by atoms with E-state index in [1.807, 2.05) is 0 Å². The number of amides is 1. The van der Waals surface area contributed by atoms with Crippen molar-refractivity contribution in [2.45, 2.75) is 38.8 Å². The Morgan fingerprint density at radius 2 is 2.11 bits per heavy atom. The first-order valence-corrected chi connectivity index (χ1v) is 7.70. The summed E-state index contributed by atoms with van der Waals surface area (Å²) in [7, 11) is -4.08. The summed E-state index contributed by atoms with van der Waals surface area (Å²) in [5.74, 6) is -0.770. The summed E-state index contributed by atoms with van der Waals surface area (Å²) in [5.41, 5.74) is -0.627. The monoisotopic (exact) mass is 295 g/mol. The summed E-state index contributed by atoms with van der Waals surface area (Å²) in [5, 5.41) is 2.59. The Hall–Kier alpha value is -0.860. The zero-order chi connectivity index (χ0) is 14.7. The van der Waals surface area contributed by atoms with E-state index in [1.54, 1.807) is 20.8 Å². The van der Waals surface area contributed by atoms with Gasteiger partial charge in [0.25, 0.3) is 10.1 Å². The second-order valence-corrected chi connectivity index (χ2v) is 7.12. The van der Waals surface area contributed by atoms with Crippen molar-refractivity contribution in [1.29, 1.82) is 0 Å². The molecule has 112 valence electrons. The maximum atomic E-state index is 11.6. The Balaban J connectivity index is 2.60. The first-order valence-electron chi connectivity index (χ1n) is 6.09. The summed E-state index contributed by atoms with van der Waals surface area (Å²) < 4.78 is 41.1. The Labute approximate surface area is 113 Å². The van der Waals surface area contributed by atoms with E-state index in [2.05, 4.69) is 5.32 Å². The molecule has 0 unspecified atom stereocenters. The number of carbonyl (C=O) groups excluding carboxylic acids is 1. The lowest BCUT2D eigenvalue weighted by Gasteiger charge is -2.32. The molecule has 8 heteroatoms. The summed E-state index contributed by atoms with van der Waals surface area (Å²) in [6.07, 6.45) is -0.163. The molecular weight excluding hydrogens is 274 g/mol. The van der Waals surface area contributed by atoms with E-state index in [0.717, 1.165) is 0 Å². The number of nitrogens with one attached hydrogen (secondary N) is 1. The van der Waals surface area contributed by atoms with Crippen LogP contribution in [-0.2, 0) is 19.6 Å². The fourth-order valence-electron chi connectivity index (χ4n) is 1.87. The van der Waals surface area contributed by atoms with E-state index in [-0.39, 0.29) is 12.5 Å². The van der Waals surface area contributed by atoms with Crippen molar-refractivity contribution in [1.82, 2.24) is 5.32 Å². The molecule has 0 bridgehead atoms. The molecule has 0 aromatic rings. The Morgan fingerprint density at radius 1 is 1.47 bits per heavy atom. The van der Waals surface area contributed by atoms with E-state index >= 15 is 0 Å². The van der Waals surface area contributed by atoms with Crippen molar-refractivity contribution >= 4 is 16.2 Å². The molecule has 1 saturated heterocycles. The molecule has 0 spiro atoms. The molecule has 0 aromatic carbocycles. The quantitative estimate of drug-likeness (QED) is 0.747. The van der Waals surface area contributed by atoms with E-state index in [9.17, 15) is 13.2 Å². The highest BCUT2D eigenvalue weighted by Gasteiger charge is 2.31. The van der Waals surface area contributed by atoms with Crippen LogP contribution >= 0.6 is 0 Å². The molecule has 2 atom stereocenters. The molecule has 0 aromatic heterocycles. The van der Waals surface area contributed by atoms with Crippen LogP contribution in [0.1, 0.15) is 27.2 Å². The highest BCUT2D eigenvalue weighted by Crippen LogP contribution is 2.18. The van der Waals surface area contributed by atoms with Gasteiger partial charge in [-0.1, -0.05) is 0 Å². The molecular formula is C11H21NO6S. The van der Waals surface area contributed by atoms with Crippen molar-refractivity contribution in [2.75, 3.05) is 19.0 Å². The minimum atomic E-state index is -4.08. The number of hydrogen-bond acceptors (Lipinski definition) is 5. The number of hydrogen-bond donors (Lipinski definition) is 2. The predicted molar refractivity (Wildman–Crippen MR) is 68.5 cm³/mol. The molecule has 0 radical (unpaired) electrons. The molecule has 0 saturated carbocycles. The number of rotatable bonds is 3. The first-order chi connectivity index (χ1) is 8.57. The van der Waals surface area contributed by atoms with Crippen molar-refractivity contribution in [3.63, 3.8) is 0 Å². The van der Waals surface area contributed by atoms with Crippen LogP contribution in [0.5, 0.6) is 0 Å². The van der Waals surface area contributed by atoms with Gasteiger partial charge in [0.15, 0.2) is 0 Å². The number of carbonyl (C=O) groups is 1. The van der Waals surface area contributed by atoms with Gasteiger partial charge in [-0.2, -0.15) is 8.42 Å². The van der Waals surface area contributed by atoms with E-state index in [1.165, 1.54) is 0 Å². The van der Waals surface area contributed by atoms with Crippen LogP contribution in [0.25, 0.3) is 0 Å². The number of alkyl carbamates (subject to hydrolysis) is 1. The smallest absolute Gasteiger partial charge is 0.407 e. The fraction of sp³-hybridized carbons (Fsp3) is 0.909. The molecule has 1 aliphatic heterocycles. The Kier molecular flexibility index (Phi) is 5.17. The zero-order valence-electron chi connectivity index (χ0n) is 11.4. The van der Waals surface area contributed by atoms with Crippen LogP contribution in [0.15, 0.2) is 0 Å². The number of ether oxygens (including phenoxy) is 2. The second kappa shape index (κ2) is 6.06. The van der Waals surface area contributed by atoms with Gasteiger partial charge in [-0.3, -0.25) is 4.55 Å². The van der Waals surface area contributed by atoms with Crippen molar-refractivity contribution in [3.8, 4) is 0 Å². The van der Waals surface area contributed by atoms with Crippen molar-refractivity contribution in [3.05, 3.63) is 0 Å². The van der Waals surface area contributed by atoms with Crippen LogP contribution < -0.4 is 5.32 Å². The molecule has 1 amide bonds. The fourth-order valence-corrected chi connectivity index (χ4v) is 2.81. The normalized spacial score (nSPS) is 24.8. The van der Waals surface area contributed by atoms with Crippen LogP contribution in [-0.4, -0.2) is 49.7 Å². The lowest BCUT2D eigenvalue weighted by Crippen LogP contribution is -2.49. The average molecular weight is 295 g/mol. The van der Waals surface area contributed by atoms with Gasteiger partial charge in [0.2, 0.25) is 0 Å². The highest BCUT2D eigenvalue weighted by atomic mass is 32.2. The van der Waals surface area contributed by atoms with Gasteiger partial charge >= 0.3 is 6.09 Å². The largest absolute Gasteiger partial charge is 0.444 e. The average Bonchev–Trinajstić information content (AvgIpc) is 2.15. The van der Waals surface area contributed by atoms with E-state index in [0.29, 0.717) is 13.0 Å². The molecule has 1 aliphatic rings. The van der Waals surface area contributed by atoms with Crippen LogP contribution in [0.2, 0.25) is 0 Å². The summed E-state index contributed by atoms with van der Waals surface area (Å²) in [4.78, 5) is 11.6. The predicted octanol–water partition coefficient (Wildman–Crippen LogP) is 0.804. The Morgan fingerprint density at radius 3 is 2.63 bits per heavy atom. The molecule has 1 heterocycles. The maximum absolute atomic E-state index is 11.6. The highest BCUT2D eigenvalue weighted by molar-refractivity contribution is 7.85.